The maximum absolute atomic E-state index is 12.1. The Morgan fingerprint density at radius 3 is 2.43 bits per heavy atom. The van der Waals surface area contributed by atoms with Crippen molar-refractivity contribution < 1.29 is 9.70 Å². The van der Waals surface area contributed by atoms with Gasteiger partial charge in [-0.3, -0.25) is 0 Å². The van der Waals surface area contributed by atoms with Gasteiger partial charge in [0, 0.05) is 6.07 Å². The van der Waals surface area contributed by atoms with Gasteiger partial charge in [-0.15, -0.1) is 0 Å². The molecule has 0 saturated heterocycles. The molecular weight excluding hydrogens is 264 g/mol. The first-order valence-electron chi connectivity index (χ1n) is 6.66. The highest BCUT2D eigenvalue weighted by molar-refractivity contribution is 5.90. The molecule has 0 N–H and O–H groups in total. The Bertz CT molecular complexity index is 765. The smallest absolute Gasteiger partial charge is 0.256 e. The summed E-state index contributed by atoms with van der Waals surface area (Å²) in [5.41, 5.74) is 1.44. The molecule has 0 saturated carbocycles. The minimum absolute atomic E-state index is 0.268. The molecule has 0 bridgehead atoms. The Kier molecular flexibility index (Phi) is 3.78. The fourth-order valence-electron chi connectivity index (χ4n) is 2.15. The van der Waals surface area contributed by atoms with Crippen LogP contribution < -0.4 is 0 Å². The van der Waals surface area contributed by atoms with Gasteiger partial charge < -0.3 is 10.0 Å². The summed E-state index contributed by atoms with van der Waals surface area (Å²) in [6.07, 6.45) is 0. The maximum atomic E-state index is 12.1. The van der Waals surface area contributed by atoms with Gasteiger partial charge in [0.2, 0.25) is 5.28 Å². The summed E-state index contributed by atoms with van der Waals surface area (Å²) < 4.78 is 0. The van der Waals surface area contributed by atoms with E-state index in [2.05, 4.69) is 5.28 Å². The molecule has 0 spiro atoms. The molecule has 0 atom stereocenters. The minimum Gasteiger partial charge on any atom is -0.592 e. The fraction of sp³-hybridized carbons (Fsp3) is 0.0588. The molecule has 0 unspecified atom stereocenters. The van der Waals surface area contributed by atoms with Crippen LogP contribution >= 0.6 is 0 Å². The lowest BCUT2D eigenvalue weighted by molar-refractivity contribution is -0.478. The Morgan fingerprint density at radius 2 is 1.57 bits per heavy atom. The summed E-state index contributed by atoms with van der Waals surface area (Å²) in [6.45, 7) is 0.268. The maximum Gasteiger partial charge on any atom is 0.256 e. The van der Waals surface area contributed by atoms with Crippen LogP contribution in [0.25, 0.3) is 10.8 Å². The predicted octanol–water partition coefficient (Wildman–Crippen LogP) is 4.57. The second kappa shape index (κ2) is 6.05. The zero-order valence-electron chi connectivity index (χ0n) is 11.3. The molecule has 0 heterocycles. The number of rotatable bonds is 4. The molecule has 0 radical (unpaired) electrons. The van der Waals surface area contributed by atoms with Gasteiger partial charge >= 0.3 is 0 Å². The fourth-order valence-corrected chi connectivity index (χ4v) is 2.15. The third kappa shape index (κ3) is 3.00. The third-order valence-corrected chi connectivity index (χ3v) is 3.18. The normalized spacial score (nSPS) is 11.5. The third-order valence-electron chi connectivity index (χ3n) is 3.18. The van der Waals surface area contributed by atoms with E-state index in [4.69, 9.17) is 4.84 Å². The van der Waals surface area contributed by atoms with Gasteiger partial charge in [0.25, 0.3) is 5.69 Å². The Labute approximate surface area is 122 Å². The van der Waals surface area contributed by atoms with Gasteiger partial charge in [0.1, 0.15) is 6.61 Å². The summed E-state index contributed by atoms with van der Waals surface area (Å²) in [4.78, 5) is 5.64. The van der Waals surface area contributed by atoms with Crippen molar-refractivity contribution in [2.75, 3.05) is 0 Å². The zero-order chi connectivity index (χ0) is 14.5. The van der Waals surface area contributed by atoms with E-state index in [1.807, 2.05) is 66.7 Å². The van der Waals surface area contributed by atoms with Crippen molar-refractivity contribution >= 4 is 16.5 Å². The monoisotopic (exact) mass is 278 g/mol. The van der Waals surface area contributed by atoms with E-state index in [9.17, 15) is 5.21 Å². The van der Waals surface area contributed by atoms with E-state index < -0.39 is 0 Å². The molecule has 4 nitrogen and oxygen atoms in total. The van der Waals surface area contributed by atoms with Crippen LogP contribution in [-0.4, -0.2) is 4.86 Å². The molecule has 0 aromatic heterocycles. The number of benzene rings is 3. The Balaban J connectivity index is 1.80. The SMILES string of the molecule is [O-]/[N+](=N\OCc1ccccc1)c1cccc2ccccc12. The van der Waals surface area contributed by atoms with E-state index in [0.29, 0.717) is 10.5 Å². The summed E-state index contributed by atoms with van der Waals surface area (Å²) in [5.74, 6) is 0. The molecular formula is C17H14N2O2. The van der Waals surface area contributed by atoms with Crippen LogP contribution in [0.15, 0.2) is 78.1 Å². The Morgan fingerprint density at radius 1 is 0.857 bits per heavy atom. The lowest BCUT2D eigenvalue weighted by atomic mass is 10.1. The summed E-state index contributed by atoms with van der Waals surface area (Å²) in [6, 6.07) is 22.8. The topological polar surface area (TPSA) is 47.7 Å². The molecule has 3 rings (SSSR count). The second-order valence-electron chi connectivity index (χ2n) is 4.61. The van der Waals surface area contributed by atoms with Crippen LogP contribution in [0.2, 0.25) is 0 Å². The first-order chi connectivity index (χ1) is 10.3. The second-order valence-corrected chi connectivity index (χ2v) is 4.61. The molecule has 0 amide bonds. The van der Waals surface area contributed by atoms with E-state index in [1.165, 1.54) is 0 Å². The van der Waals surface area contributed by atoms with Crippen molar-refractivity contribution in [1.29, 1.82) is 0 Å². The van der Waals surface area contributed by atoms with Crippen molar-refractivity contribution in [3.05, 3.63) is 83.6 Å². The summed E-state index contributed by atoms with van der Waals surface area (Å²) in [7, 11) is 0. The zero-order valence-corrected chi connectivity index (χ0v) is 11.3. The van der Waals surface area contributed by atoms with Crippen LogP contribution in [-0.2, 0) is 11.4 Å². The van der Waals surface area contributed by atoms with Gasteiger partial charge in [0.05, 0.1) is 5.39 Å². The van der Waals surface area contributed by atoms with Crippen molar-refractivity contribution in [3.63, 3.8) is 0 Å². The van der Waals surface area contributed by atoms with E-state index in [-0.39, 0.29) is 6.61 Å². The standard InChI is InChI=1S/C17H14N2O2/c20-19(18-21-13-14-7-2-1-3-8-14)17-12-6-10-15-9-4-5-11-16(15)17/h1-12H,13H2/b19-18-. The lowest BCUT2D eigenvalue weighted by Gasteiger charge is -2.03. The first kappa shape index (κ1) is 13.1. The van der Waals surface area contributed by atoms with Gasteiger partial charge in [-0.25, -0.2) is 0 Å². The van der Waals surface area contributed by atoms with Crippen LogP contribution in [0.4, 0.5) is 5.69 Å². The quantitative estimate of drug-likeness (QED) is 0.399. The predicted molar refractivity (Wildman–Crippen MR) is 80.9 cm³/mol. The molecule has 3 aromatic carbocycles. The van der Waals surface area contributed by atoms with Gasteiger partial charge in [-0.1, -0.05) is 60.7 Å². The molecule has 4 heteroatoms. The van der Waals surface area contributed by atoms with Crippen LogP contribution in [0.1, 0.15) is 5.56 Å². The van der Waals surface area contributed by atoms with Crippen molar-refractivity contribution in [1.82, 2.24) is 0 Å². The average molecular weight is 278 g/mol. The first-order valence-corrected chi connectivity index (χ1v) is 6.66. The molecule has 104 valence electrons. The lowest BCUT2D eigenvalue weighted by Crippen LogP contribution is -1.95. The molecule has 0 aliphatic heterocycles. The summed E-state index contributed by atoms with van der Waals surface area (Å²) >= 11 is 0. The van der Waals surface area contributed by atoms with Crippen molar-refractivity contribution in [2.45, 2.75) is 6.61 Å². The number of nitrogens with zero attached hydrogens (tertiary/aromatic N) is 2. The van der Waals surface area contributed by atoms with E-state index >= 15 is 0 Å². The average Bonchev–Trinajstić information content (AvgIpc) is 2.55. The van der Waals surface area contributed by atoms with Gasteiger partial charge in [-0.05, 0) is 21.9 Å². The highest BCUT2D eigenvalue weighted by atomic mass is 16.7. The Hall–Kier alpha value is -2.88. The number of hydrogen-bond acceptors (Lipinski definition) is 3. The van der Waals surface area contributed by atoms with E-state index in [0.717, 1.165) is 16.3 Å². The minimum atomic E-state index is 0.268. The molecule has 0 aliphatic rings. The van der Waals surface area contributed by atoms with Crippen LogP contribution in [0.3, 0.4) is 0 Å². The highest BCUT2D eigenvalue weighted by Crippen LogP contribution is 2.25. The molecule has 0 aliphatic carbocycles. The number of fused-ring (bicyclic) bond motifs is 1. The molecule has 3 aromatic rings. The van der Waals surface area contributed by atoms with Crippen LogP contribution in [0.5, 0.6) is 0 Å². The van der Waals surface area contributed by atoms with Crippen LogP contribution in [0, 0.1) is 5.21 Å². The molecule has 0 fully saturated rings. The summed E-state index contributed by atoms with van der Waals surface area (Å²) in [5, 5.41) is 17.5. The molecule has 21 heavy (non-hydrogen) atoms. The van der Waals surface area contributed by atoms with E-state index in [1.54, 1.807) is 6.07 Å². The van der Waals surface area contributed by atoms with Crippen molar-refractivity contribution in [3.8, 4) is 0 Å². The van der Waals surface area contributed by atoms with Crippen molar-refractivity contribution in [2.24, 2.45) is 5.28 Å². The highest BCUT2D eigenvalue weighted by Gasteiger charge is 2.09. The number of hydrogen-bond donors (Lipinski definition) is 0. The largest absolute Gasteiger partial charge is 0.592 e. The van der Waals surface area contributed by atoms with Gasteiger partial charge in [-0.2, -0.15) is 0 Å². The van der Waals surface area contributed by atoms with Gasteiger partial charge in [0.15, 0.2) is 0 Å².